The monoisotopic (exact) mass is 498 g/mol. The first-order valence-electron chi connectivity index (χ1n) is 13.2. The number of nitrogens with zero attached hydrogens (tertiary/aromatic N) is 2. The highest BCUT2D eigenvalue weighted by Gasteiger charge is 2.43. The van der Waals surface area contributed by atoms with Crippen LogP contribution >= 0.6 is 11.6 Å². The van der Waals surface area contributed by atoms with Gasteiger partial charge in [0, 0.05) is 22.6 Å². The van der Waals surface area contributed by atoms with Crippen LogP contribution in [-0.2, 0) is 5.41 Å². The number of rotatable bonds is 3. The van der Waals surface area contributed by atoms with Crippen LogP contribution in [0, 0.1) is 0 Å². The predicted molar refractivity (Wildman–Crippen MR) is 153 cm³/mol. The van der Waals surface area contributed by atoms with Gasteiger partial charge in [0.1, 0.15) is 5.15 Å². The molecule has 2 aliphatic rings. The van der Waals surface area contributed by atoms with Crippen LogP contribution < -0.4 is 0 Å². The Morgan fingerprint density at radius 2 is 1.22 bits per heavy atom. The van der Waals surface area contributed by atoms with E-state index in [4.69, 9.17) is 16.6 Å². The highest BCUT2D eigenvalue weighted by Crippen LogP contribution is 2.56. The van der Waals surface area contributed by atoms with Gasteiger partial charge in [-0.05, 0) is 52.3 Å². The molecule has 1 saturated carbocycles. The van der Waals surface area contributed by atoms with Crippen LogP contribution in [0.2, 0.25) is 5.15 Å². The number of halogens is 1. The maximum Gasteiger partial charge on any atom is 0.161 e. The molecular formula is C34H27ClN2. The molecule has 1 heterocycles. The largest absolute Gasteiger partial charge is 0.228 e. The molecule has 0 N–H and O–H groups in total. The molecule has 1 fully saturated rings. The minimum atomic E-state index is 0.172. The molecule has 5 aromatic rings. The van der Waals surface area contributed by atoms with Crippen LogP contribution in [0.4, 0.5) is 0 Å². The van der Waals surface area contributed by atoms with Gasteiger partial charge in [-0.1, -0.05) is 122 Å². The van der Waals surface area contributed by atoms with Crippen molar-refractivity contribution in [2.24, 2.45) is 0 Å². The fourth-order valence-electron chi connectivity index (χ4n) is 6.44. The minimum absolute atomic E-state index is 0.172. The van der Waals surface area contributed by atoms with Gasteiger partial charge >= 0.3 is 0 Å². The van der Waals surface area contributed by atoms with Crippen molar-refractivity contribution >= 4 is 11.6 Å². The third-order valence-electron chi connectivity index (χ3n) is 8.22. The summed E-state index contributed by atoms with van der Waals surface area (Å²) in [6, 6.07) is 36.6. The Hall–Kier alpha value is -3.75. The van der Waals surface area contributed by atoms with Gasteiger partial charge in [0.2, 0.25) is 0 Å². The molecular weight excluding hydrogens is 472 g/mol. The summed E-state index contributed by atoms with van der Waals surface area (Å²) in [6.07, 6.45) is 6.45. The topological polar surface area (TPSA) is 25.8 Å². The van der Waals surface area contributed by atoms with Gasteiger partial charge in [-0.25, -0.2) is 9.97 Å². The van der Waals surface area contributed by atoms with Crippen molar-refractivity contribution in [1.82, 2.24) is 9.97 Å². The van der Waals surface area contributed by atoms with Crippen molar-refractivity contribution in [3.8, 4) is 44.9 Å². The molecule has 1 spiro atoms. The molecule has 37 heavy (non-hydrogen) atoms. The molecule has 2 nitrogen and oxygen atoms in total. The molecule has 0 radical (unpaired) electrons. The van der Waals surface area contributed by atoms with Gasteiger partial charge in [-0.2, -0.15) is 0 Å². The molecule has 0 saturated heterocycles. The molecule has 4 aromatic carbocycles. The van der Waals surface area contributed by atoms with Crippen LogP contribution in [0.1, 0.15) is 43.2 Å². The lowest BCUT2D eigenvalue weighted by Crippen LogP contribution is -2.28. The van der Waals surface area contributed by atoms with Gasteiger partial charge in [0.15, 0.2) is 5.82 Å². The van der Waals surface area contributed by atoms with Gasteiger partial charge in [-0.15, -0.1) is 0 Å². The van der Waals surface area contributed by atoms with Crippen LogP contribution in [0.25, 0.3) is 44.9 Å². The van der Waals surface area contributed by atoms with Crippen LogP contribution in [-0.4, -0.2) is 9.97 Å². The van der Waals surface area contributed by atoms with E-state index in [0.717, 1.165) is 16.8 Å². The van der Waals surface area contributed by atoms with Gasteiger partial charge in [0.25, 0.3) is 0 Å². The maximum absolute atomic E-state index is 6.39. The SMILES string of the molecule is Clc1cc(-c2ccc(-c3ccc4c(c3)C3(CCCCC3)c3ccccc3-4)cc2)nc(-c2ccccc2)n1. The second kappa shape index (κ2) is 8.97. The van der Waals surface area contributed by atoms with Crippen molar-refractivity contribution < 1.29 is 0 Å². The number of aromatic nitrogens is 2. The predicted octanol–water partition coefficient (Wildman–Crippen LogP) is 9.36. The fraction of sp³-hybridized carbons (Fsp3) is 0.176. The van der Waals surface area contributed by atoms with E-state index < -0.39 is 0 Å². The van der Waals surface area contributed by atoms with Crippen LogP contribution in [0.5, 0.6) is 0 Å². The van der Waals surface area contributed by atoms with Crippen molar-refractivity contribution in [2.45, 2.75) is 37.5 Å². The molecule has 0 atom stereocenters. The number of hydrogen-bond acceptors (Lipinski definition) is 2. The van der Waals surface area contributed by atoms with Gasteiger partial charge in [0.05, 0.1) is 5.69 Å². The van der Waals surface area contributed by atoms with Crippen molar-refractivity contribution in [2.75, 3.05) is 0 Å². The second-order valence-corrected chi connectivity index (χ2v) is 10.7. The van der Waals surface area contributed by atoms with E-state index in [1.54, 1.807) is 0 Å². The summed E-state index contributed by atoms with van der Waals surface area (Å²) >= 11 is 6.39. The van der Waals surface area contributed by atoms with Gasteiger partial charge in [-0.3, -0.25) is 0 Å². The normalized spacial score (nSPS) is 15.4. The Morgan fingerprint density at radius 3 is 2.03 bits per heavy atom. The average Bonchev–Trinajstić information content (AvgIpc) is 3.22. The van der Waals surface area contributed by atoms with Crippen LogP contribution in [0.3, 0.4) is 0 Å². The van der Waals surface area contributed by atoms with Crippen molar-refractivity contribution in [3.05, 3.63) is 119 Å². The van der Waals surface area contributed by atoms with E-state index in [2.05, 4.69) is 71.7 Å². The first-order valence-corrected chi connectivity index (χ1v) is 13.5. The molecule has 0 amide bonds. The zero-order valence-electron chi connectivity index (χ0n) is 20.6. The quantitative estimate of drug-likeness (QED) is 0.231. The zero-order valence-corrected chi connectivity index (χ0v) is 21.4. The standard InChI is InChI=1S/C34H27ClN2/c35-32-22-31(36-33(37-32)25-9-3-1-4-10-25)24-15-13-23(14-16-24)26-17-18-28-27-11-5-6-12-29(27)34(30(28)21-26)19-7-2-8-20-34/h1,3-6,9-18,21-22H,2,7-8,19-20H2. The van der Waals surface area contributed by atoms with Gasteiger partial charge < -0.3 is 0 Å². The summed E-state index contributed by atoms with van der Waals surface area (Å²) in [4.78, 5) is 9.25. The Balaban J connectivity index is 1.26. The molecule has 0 bridgehead atoms. The number of fused-ring (bicyclic) bond motifs is 5. The highest BCUT2D eigenvalue weighted by atomic mass is 35.5. The summed E-state index contributed by atoms with van der Waals surface area (Å²) in [5, 5.41) is 0.448. The first kappa shape index (κ1) is 22.4. The molecule has 0 unspecified atom stereocenters. The number of hydrogen-bond donors (Lipinski definition) is 0. The Morgan fingerprint density at radius 1 is 0.541 bits per heavy atom. The smallest absolute Gasteiger partial charge is 0.161 e. The lowest BCUT2D eigenvalue weighted by molar-refractivity contribution is 0.353. The Kier molecular flexibility index (Phi) is 5.44. The molecule has 180 valence electrons. The summed E-state index contributed by atoms with van der Waals surface area (Å²) in [5.74, 6) is 0.642. The Bertz CT molecular complexity index is 1600. The third-order valence-corrected chi connectivity index (χ3v) is 8.41. The molecule has 7 rings (SSSR count). The van der Waals surface area contributed by atoms with E-state index in [1.807, 2.05) is 36.4 Å². The molecule has 3 heteroatoms. The maximum atomic E-state index is 6.39. The summed E-state index contributed by atoms with van der Waals surface area (Å²) in [7, 11) is 0. The van der Waals surface area contributed by atoms with Crippen molar-refractivity contribution in [1.29, 1.82) is 0 Å². The van der Waals surface area contributed by atoms with E-state index in [0.29, 0.717) is 11.0 Å². The zero-order chi connectivity index (χ0) is 24.8. The molecule has 1 aromatic heterocycles. The fourth-order valence-corrected chi connectivity index (χ4v) is 6.63. The molecule has 2 aliphatic carbocycles. The van der Waals surface area contributed by atoms with E-state index in [1.165, 1.54) is 65.5 Å². The van der Waals surface area contributed by atoms with E-state index in [9.17, 15) is 0 Å². The van der Waals surface area contributed by atoms with E-state index >= 15 is 0 Å². The summed E-state index contributed by atoms with van der Waals surface area (Å²) in [6.45, 7) is 0. The lowest BCUT2D eigenvalue weighted by atomic mass is 9.67. The summed E-state index contributed by atoms with van der Waals surface area (Å²) < 4.78 is 0. The lowest BCUT2D eigenvalue weighted by Gasteiger charge is -2.36. The first-order chi connectivity index (χ1) is 18.2. The second-order valence-electron chi connectivity index (χ2n) is 10.3. The molecule has 0 aliphatic heterocycles. The third kappa shape index (κ3) is 3.79. The summed E-state index contributed by atoms with van der Waals surface area (Å²) in [5.41, 5.74) is 11.4. The van der Waals surface area contributed by atoms with Crippen molar-refractivity contribution in [3.63, 3.8) is 0 Å². The van der Waals surface area contributed by atoms with Crippen LogP contribution in [0.15, 0.2) is 103 Å². The number of benzene rings is 4. The average molecular weight is 499 g/mol. The van der Waals surface area contributed by atoms with E-state index in [-0.39, 0.29) is 5.41 Å². The minimum Gasteiger partial charge on any atom is -0.228 e. The highest BCUT2D eigenvalue weighted by molar-refractivity contribution is 6.29. The Labute approximate surface area is 223 Å².